The molecule has 0 radical (unpaired) electrons. The van der Waals surface area contributed by atoms with Crippen molar-refractivity contribution in [3.05, 3.63) is 209 Å². The molecule has 0 aromatic heterocycles. The van der Waals surface area contributed by atoms with Gasteiger partial charge in [0.05, 0.1) is 0 Å². The Morgan fingerprint density at radius 3 is 0.690 bits per heavy atom. The van der Waals surface area contributed by atoms with Crippen LogP contribution < -0.4 is 0 Å². The molecule has 6 aromatic rings. The van der Waals surface area contributed by atoms with E-state index in [-0.39, 0.29) is 0 Å². The Morgan fingerprint density at radius 1 is 0.268 bits per heavy atom. The van der Waals surface area contributed by atoms with Crippen molar-refractivity contribution >= 4 is 0 Å². The minimum absolute atomic E-state index is 0.533. The lowest BCUT2D eigenvalue weighted by Gasteiger charge is -2.35. The van der Waals surface area contributed by atoms with Crippen LogP contribution in [0.3, 0.4) is 0 Å². The predicted octanol–water partition coefficient (Wildman–Crippen LogP) is 20.9. The summed E-state index contributed by atoms with van der Waals surface area (Å²) in [5.74, 6) is 6.95. The summed E-state index contributed by atoms with van der Waals surface area (Å²) in [4.78, 5) is 0. The summed E-state index contributed by atoms with van der Waals surface area (Å²) in [5.41, 5.74) is 28.3. The maximum absolute atomic E-state index is 2.40. The van der Waals surface area contributed by atoms with Crippen LogP contribution in [-0.4, -0.2) is 0 Å². The zero-order chi connectivity index (χ0) is 52.2. The van der Waals surface area contributed by atoms with Gasteiger partial charge < -0.3 is 0 Å². The van der Waals surface area contributed by atoms with E-state index in [4.69, 9.17) is 0 Å². The van der Waals surface area contributed by atoms with Crippen LogP contribution in [0.5, 0.6) is 0 Å². The Kier molecular flexibility index (Phi) is 18.7. The van der Waals surface area contributed by atoms with Gasteiger partial charge in [0.15, 0.2) is 0 Å². The minimum Gasteiger partial charge on any atom is -0.0683 e. The molecule has 3 atom stereocenters. The van der Waals surface area contributed by atoms with E-state index >= 15 is 0 Å². The Morgan fingerprint density at radius 2 is 0.493 bits per heavy atom. The van der Waals surface area contributed by atoms with Crippen molar-refractivity contribution in [1.82, 2.24) is 0 Å². The number of rotatable bonds is 9. The monoisotopic (exact) mass is 949 g/mol. The van der Waals surface area contributed by atoms with Crippen LogP contribution >= 0.6 is 0 Å². The zero-order valence-electron chi connectivity index (χ0n) is 48.4. The van der Waals surface area contributed by atoms with E-state index in [1.54, 1.807) is 83.5 Å². The molecular formula is C71H96. The van der Waals surface area contributed by atoms with Gasteiger partial charge in [0.2, 0.25) is 0 Å². The van der Waals surface area contributed by atoms with E-state index in [1.807, 2.05) is 13.8 Å². The second-order valence-electron chi connectivity index (χ2n) is 24.1. The van der Waals surface area contributed by atoms with Crippen LogP contribution in [0.25, 0.3) is 0 Å². The topological polar surface area (TPSA) is 0 Å². The molecule has 0 aliphatic heterocycles. The number of hydrogen-bond donors (Lipinski definition) is 0. The molecule has 0 saturated heterocycles. The first-order valence-corrected chi connectivity index (χ1v) is 28.4. The fraction of sp³-hybridized carbons (Fsp3) is 0.493. The van der Waals surface area contributed by atoms with Crippen molar-refractivity contribution < 1.29 is 0 Å². The Labute approximate surface area is 435 Å². The van der Waals surface area contributed by atoms with Crippen molar-refractivity contribution in [2.24, 2.45) is 17.8 Å². The second-order valence-corrected chi connectivity index (χ2v) is 24.1. The molecule has 3 aliphatic carbocycles. The fourth-order valence-corrected chi connectivity index (χ4v) is 13.3. The first-order chi connectivity index (χ1) is 33.7. The molecule has 0 fully saturated rings. The predicted molar refractivity (Wildman–Crippen MR) is 313 cm³/mol. The van der Waals surface area contributed by atoms with Crippen LogP contribution in [0.15, 0.2) is 109 Å². The van der Waals surface area contributed by atoms with Gasteiger partial charge >= 0.3 is 0 Å². The van der Waals surface area contributed by atoms with Gasteiger partial charge in [-0.3, -0.25) is 0 Å². The molecule has 0 saturated carbocycles. The molecule has 71 heavy (non-hydrogen) atoms. The lowest BCUT2D eigenvalue weighted by atomic mass is 9.68. The van der Waals surface area contributed by atoms with E-state index in [9.17, 15) is 0 Å². The number of benzene rings is 6. The van der Waals surface area contributed by atoms with Crippen molar-refractivity contribution in [2.75, 3.05) is 0 Å². The molecule has 0 nitrogen and oxygen atoms in total. The van der Waals surface area contributed by atoms with Gasteiger partial charge in [-0.1, -0.05) is 248 Å². The molecular weight excluding hydrogens is 853 g/mol. The van der Waals surface area contributed by atoms with Gasteiger partial charge in [-0.2, -0.15) is 0 Å². The van der Waals surface area contributed by atoms with E-state index in [0.29, 0.717) is 71.0 Å². The molecule has 3 aliphatic rings. The van der Waals surface area contributed by atoms with Crippen LogP contribution in [0, 0.1) is 17.8 Å². The van der Waals surface area contributed by atoms with Gasteiger partial charge in [0.1, 0.15) is 0 Å². The van der Waals surface area contributed by atoms with Crippen molar-refractivity contribution in [2.45, 2.75) is 211 Å². The molecule has 6 aromatic carbocycles. The summed E-state index contributed by atoms with van der Waals surface area (Å²) in [6, 6.07) is 41.6. The van der Waals surface area contributed by atoms with E-state index in [0.717, 1.165) is 19.3 Å². The Balaban J connectivity index is 0.000000171. The largest absolute Gasteiger partial charge is 0.0683 e. The van der Waals surface area contributed by atoms with Gasteiger partial charge in [-0.25, -0.2) is 0 Å². The van der Waals surface area contributed by atoms with E-state index < -0.39 is 0 Å². The molecule has 0 bridgehead atoms. The summed E-state index contributed by atoms with van der Waals surface area (Å²) < 4.78 is 0. The summed E-state index contributed by atoms with van der Waals surface area (Å²) in [7, 11) is 0. The van der Waals surface area contributed by atoms with Crippen molar-refractivity contribution in [3.63, 3.8) is 0 Å². The molecule has 0 heterocycles. The maximum atomic E-state index is 2.40. The smallest absolute Gasteiger partial charge is 0.0121 e. The highest BCUT2D eigenvalue weighted by Gasteiger charge is 2.35. The number of hydrogen-bond acceptors (Lipinski definition) is 0. The zero-order valence-corrected chi connectivity index (χ0v) is 48.4. The summed E-state index contributed by atoms with van der Waals surface area (Å²) >= 11 is 0. The highest BCUT2D eigenvalue weighted by molar-refractivity contribution is 5.59. The maximum Gasteiger partial charge on any atom is 0.0121 e. The van der Waals surface area contributed by atoms with E-state index in [2.05, 4.69) is 234 Å². The Hall–Kier alpha value is -4.68. The SMILES string of the molecule is CC.CC(C)c1ccc2c(c1C(C)C)C(C(C)C)c1ccccc1C2.CC(C)c1ccc2c(c1C(C)C)C(C(C)C)c1ccccc1C2.CC(C)c1ccc2c(c1C(C)C)C(C(C)C)c1ccccc1C2. The van der Waals surface area contributed by atoms with Crippen LogP contribution in [0.4, 0.5) is 0 Å². The second kappa shape index (κ2) is 23.9. The fourth-order valence-electron chi connectivity index (χ4n) is 13.3. The first kappa shape index (κ1) is 55.6. The third kappa shape index (κ3) is 11.4. The van der Waals surface area contributed by atoms with Crippen LogP contribution in [0.1, 0.15) is 292 Å². The van der Waals surface area contributed by atoms with Gasteiger partial charge in [0, 0.05) is 17.8 Å². The standard InChI is InChI=1S/3C23H30.C2H6/c3*1-14(2)19-12-11-18-13-17-9-7-8-10-20(17)22(16(5)6)23(18)21(19)15(3)4;1-2/h3*7-12,14-16,22H,13H2,1-6H3;1-2H3. The number of fused-ring (bicyclic) bond motifs is 6. The molecule has 0 amide bonds. The minimum atomic E-state index is 0.533. The lowest BCUT2D eigenvalue weighted by molar-refractivity contribution is 0.540. The molecule has 380 valence electrons. The molecule has 0 spiro atoms. The van der Waals surface area contributed by atoms with Crippen LogP contribution in [-0.2, 0) is 19.3 Å². The molecule has 9 rings (SSSR count). The highest BCUT2D eigenvalue weighted by atomic mass is 14.4. The normalized spacial score (nSPS) is 16.4. The third-order valence-corrected chi connectivity index (χ3v) is 16.1. The third-order valence-electron chi connectivity index (χ3n) is 16.1. The van der Waals surface area contributed by atoms with Gasteiger partial charge in [0.25, 0.3) is 0 Å². The Bertz CT molecular complexity index is 2410. The average molecular weight is 950 g/mol. The molecule has 0 N–H and O–H groups in total. The summed E-state index contributed by atoms with van der Waals surface area (Å²) in [6.07, 6.45) is 3.27. The van der Waals surface area contributed by atoms with Crippen LogP contribution in [0.2, 0.25) is 0 Å². The first-order valence-electron chi connectivity index (χ1n) is 28.4. The molecule has 0 heteroatoms. The lowest BCUT2D eigenvalue weighted by Crippen LogP contribution is -2.22. The van der Waals surface area contributed by atoms with E-state index in [1.165, 1.54) is 16.7 Å². The average Bonchev–Trinajstić information content (AvgIpc) is 3.33. The quantitative estimate of drug-likeness (QED) is 0.135. The van der Waals surface area contributed by atoms with Gasteiger partial charge in [-0.05, 0) is 173 Å². The van der Waals surface area contributed by atoms with Crippen molar-refractivity contribution in [1.29, 1.82) is 0 Å². The molecule has 3 unspecified atom stereocenters. The van der Waals surface area contributed by atoms with Crippen molar-refractivity contribution in [3.8, 4) is 0 Å². The summed E-state index contributed by atoms with van der Waals surface area (Å²) in [5, 5.41) is 0. The highest BCUT2D eigenvalue weighted by Crippen LogP contribution is 2.49. The van der Waals surface area contributed by atoms with Gasteiger partial charge in [-0.15, -0.1) is 0 Å². The summed E-state index contributed by atoms with van der Waals surface area (Å²) in [6.45, 7) is 46.4.